The topological polar surface area (TPSA) is 103 Å². The molecule has 1 unspecified atom stereocenters. The number of hydrogen-bond acceptors (Lipinski definition) is 4. The molecule has 1 aromatic heterocycles. The molecule has 7 nitrogen and oxygen atoms in total. The summed E-state index contributed by atoms with van der Waals surface area (Å²) < 4.78 is 0.802. The van der Waals surface area contributed by atoms with Gasteiger partial charge in [-0.15, -0.1) is 11.8 Å². The summed E-state index contributed by atoms with van der Waals surface area (Å²) in [6, 6.07) is 31.1. The number of fused-ring (bicyclic) bond motifs is 1. The zero-order chi connectivity index (χ0) is 29.5. The lowest BCUT2D eigenvalue weighted by Gasteiger charge is -2.14. The number of aromatic amines is 1. The zero-order valence-electron chi connectivity index (χ0n) is 22.6. The summed E-state index contributed by atoms with van der Waals surface area (Å²) in [7, 11) is 0. The van der Waals surface area contributed by atoms with Crippen LogP contribution in [0.25, 0.3) is 17.0 Å². The van der Waals surface area contributed by atoms with Crippen molar-refractivity contribution in [1.29, 1.82) is 0 Å². The van der Waals surface area contributed by atoms with Crippen LogP contribution < -0.4 is 16.0 Å². The molecule has 0 fully saturated rings. The van der Waals surface area contributed by atoms with E-state index in [1.807, 2.05) is 73.7 Å². The van der Waals surface area contributed by atoms with E-state index in [1.54, 1.807) is 48.7 Å². The van der Waals surface area contributed by atoms with Crippen LogP contribution in [0.3, 0.4) is 0 Å². The molecular weight excluding hydrogens is 612 g/mol. The smallest absolute Gasteiger partial charge is 0.272 e. The molecule has 5 aromatic rings. The standard InChI is InChI=1S/C33H27BrN4O3S/c1-21(31(39)37-29-17-8-6-15-27(29)34)42-25-13-9-12-24(19-25)36-33(41)30(38-32(40)22-10-3-2-4-11-22)18-23-20-35-28-16-7-5-14-26(23)28/h2-21,35H,1H3,(H,36,41)(H,37,39)(H,38,40)/b30-18-. The molecular formula is C33H27BrN4O3S. The van der Waals surface area contributed by atoms with Gasteiger partial charge in [0.1, 0.15) is 5.70 Å². The molecule has 3 amide bonds. The molecule has 0 bridgehead atoms. The first-order chi connectivity index (χ1) is 20.4. The molecule has 0 aliphatic heterocycles. The van der Waals surface area contributed by atoms with Crippen LogP contribution in [0.4, 0.5) is 11.4 Å². The first kappa shape index (κ1) is 28.9. The molecule has 4 N–H and O–H groups in total. The summed E-state index contributed by atoms with van der Waals surface area (Å²) in [5.74, 6) is -1.02. The fourth-order valence-electron chi connectivity index (χ4n) is 4.21. The zero-order valence-corrected chi connectivity index (χ0v) is 25.0. The Hall–Kier alpha value is -4.60. The predicted octanol–water partition coefficient (Wildman–Crippen LogP) is 7.46. The van der Waals surface area contributed by atoms with Crippen LogP contribution in [0.2, 0.25) is 0 Å². The lowest BCUT2D eigenvalue weighted by atomic mass is 10.1. The van der Waals surface area contributed by atoms with Crippen LogP contribution in [-0.4, -0.2) is 28.0 Å². The second-order valence-corrected chi connectivity index (χ2v) is 11.6. The van der Waals surface area contributed by atoms with E-state index in [2.05, 4.69) is 36.9 Å². The van der Waals surface area contributed by atoms with Crippen LogP contribution >= 0.6 is 27.7 Å². The molecule has 0 saturated carbocycles. The Morgan fingerprint density at radius 1 is 0.857 bits per heavy atom. The number of anilines is 2. The number of H-pyrrole nitrogens is 1. The lowest BCUT2D eigenvalue weighted by molar-refractivity contribution is -0.115. The summed E-state index contributed by atoms with van der Waals surface area (Å²) >= 11 is 4.82. The molecule has 42 heavy (non-hydrogen) atoms. The van der Waals surface area contributed by atoms with Crippen molar-refractivity contribution in [3.63, 3.8) is 0 Å². The van der Waals surface area contributed by atoms with E-state index in [0.29, 0.717) is 16.9 Å². The summed E-state index contributed by atoms with van der Waals surface area (Å²) in [6.45, 7) is 1.82. The van der Waals surface area contributed by atoms with Crippen LogP contribution in [0.1, 0.15) is 22.8 Å². The maximum absolute atomic E-state index is 13.5. The maximum Gasteiger partial charge on any atom is 0.272 e. The third-order valence-corrected chi connectivity index (χ3v) is 8.14. The van der Waals surface area contributed by atoms with Gasteiger partial charge in [0.15, 0.2) is 0 Å². The van der Waals surface area contributed by atoms with Gasteiger partial charge in [0, 0.05) is 43.3 Å². The Bertz CT molecular complexity index is 1780. The molecule has 0 radical (unpaired) electrons. The van der Waals surface area contributed by atoms with Crippen LogP contribution in [0.15, 0.2) is 124 Å². The van der Waals surface area contributed by atoms with Gasteiger partial charge in [0.2, 0.25) is 5.91 Å². The molecule has 5 rings (SSSR count). The van der Waals surface area contributed by atoms with E-state index in [9.17, 15) is 14.4 Å². The largest absolute Gasteiger partial charge is 0.361 e. The predicted molar refractivity (Wildman–Crippen MR) is 173 cm³/mol. The number of thioether (sulfide) groups is 1. The Kier molecular flexibility index (Phi) is 9.21. The van der Waals surface area contributed by atoms with Crippen molar-refractivity contribution < 1.29 is 14.4 Å². The number of rotatable bonds is 9. The van der Waals surface area contributed by atoms with Crippen molar-refractivity contribution in [2.24, 2.45) is 0 Å². The molecule has 9 heteroatoms. The Morgan fingerprint density at radius 3 is 2.40 bits per heavy atom. The van der Waals surface area contributed by atoms with Gasteiger partial charge in [0.25, 0.3) is 11.8 Å². The number of carbonyl (C=O) groups excluding carboxylic acids is 3. The highest BCUT2D eigenvalue weighted by molar-refractivity contribution is 9.10. The number of nitrogens with one attached hydrogen (secondary N) is 4. The molecule has 1 heterocycles. The van der Waals surface area contributed by atoms with Crippen molar-refractivity contribution in [2.45, 2.75) is 17.1 Å². The molecule has 0 spiro atoms. The minimum Gasteiger partial charge on any atom is -0.361 e. The first-order valence-electron chi connectivity index (χ1n) is 13.1. The molecule has 0 aliphatic carbocycles. The van der Waals surface area contributed by atoms with Gasteiger partial charge in [-0.2, -0.15) is 0 Å². The molecule has 210 valence electrons. The summed E-state index contributed by atoms with van der Waals surface area (Å²) in [4.78, 5) is 43.4. The molecule has 0 aliphatic rings. The number of aromatic nitrogens is 1. The van der Waals surface area contributed by atoms with E-state index >= 15 is 0 Å². The van der Waals surface area contributed by atoms with E-state index in [1.165, 1.54) is 11.8 Å². The minimum absolute atomic E-state index is 0.0906. The normalized spacial score (nSPS) is 12.0. The van der Waals surface area contributed by atoms with Gasteiger partial charge in [-0.1, -0.05) is 54.6 Å². The summed E-state index contributed by atoms with van der Waals surface area (Å²) in [5, 5.41) is 9.13. The SMILES string of the molecule is CC(Sc1cccc(NC(=O)/C(=C/c2c[nH]c3ccccc23)NC(=O)c2ccccc2)c1)C(=O)Nc1ccccc1Br. The second-order valence-electron chi connectivity index (χ2n) is 9.38. The third kappa shape index (κ3) is 7.18. The van der Waals surface area contributed by atoms with Crippen molar-refractivity contribution in [3.05, 3.63) is 131 Å². The van der Waals surface area contributed by atoms with Crippen LogP contribution in [-0.2, 0) is 9.59 Å². The highest BCUT2D eigenvalue weighted by atomic mass is 79.9. The summed E-state index contributed by atoms with van der Waals surface area (Å²) in [5.41, 5.74) is 3.43. The number of benzene rings is 4. The average Bonchev–Trinajstić information content (AvgIpc) is 3.41. The summed E-state index contributed by atoms with van der Waals surface area (Å²) in [6.07, 6.45) is 3.45. The Morgan fingerprint density at radius 2 is 1.60 bits per heavy atom. The number of amides is 3. The van der Waals surface area contributed by atoms with Gasteiger partial charge in [-0.05, 0) is 77.5 Å². The third-order valence-electron chi connectivity index (χ3n) is 6.36. The fraction of sp³-hybridized carbons (Fsp3) is 0.0606. The van der Waals surface area contributed by atoms with Crippen molar-refractivity contribution in [2.75, 3.05) is 10.6 Å². The van der Waals surface area contributed by atoms with Gasteiger partial charge in [0.05, 0.1) is 10.9 Å². The Balaban J connectivity index is 1.33. The van der Waals surface area contributed by atoms with Gasteiger partial charge in [-0.25, -0.2) is 0 Å². The average molecular weight is 640 g/mol. The number of carbonyl (C=O) groups is 3. The van der Waals surface area contributed by atoms with E-state index in [4.69, 9.17) is 0 Å². The number of halogens is 1. The van der Waals surface area contributed by atoms with E-state index < -0.39 is 17.1 Å². The van der Waals surface area contributed by atoms with Gasteiger partial charge < -0.3 is 20.9 Å². The van der Waals surface area contributed by atoms with Crippen LogP contribution in [0.5, 0.6) is 0 Å². The number of hydrogen-bond donors (Lipinski definition) is 4. The first-order valence-corrected chi connectivity index (χ1v) is 14.8. The minimum atomic E-state index is -0.480. The van der Waals surface area contributed by atoms with Gasteiger partial charge in [-0.3, -0.25) is 14.4 Å². The van der Waals surface area contributed by atoms with Crippen molar-refractivity contribution in [1.82, 2.24) is 10.3 Å². The highest BCUT2D eigenvalue weighted by Crippen LogP contribution is 2.28. The lowest BCUT2D eigenvalue weighted by Crippen LogP contribution is -2.30. The molecule has 0 saturated heterocycles. The van der Waals surface area contributed by atoms with Gasteiger partial charge >= 0.3 is 0 Å². The quantitative estimate of drug-likeness (QED) is 0.0994. The Labute approximate surface area is 255 Å². The fourth-order valence-corrected chi connectivity index (χ4v) is 5.52. The van der Waals surface area contributed by atoms with E-state index in [0.717, 1.165) is 25.8 Å². The molecule has 1 atom stereocenters. The van der Waals surface area contributed by atoms with Crippen LogP contribution in [0, 0.1) is 0 Å². The molecule has 4 aromatic carbocycles. The monoisotopic (exact) mass is 638 g/mol. The van der Waals surface area contributed by atoms with Crippen molar-refractivity contribution >= 4 is 73.8 Å². The maximum atomic E-state index is 13.5. The van der Waals surface area contributed by atoms with E-state index in [-0.39, 0.29) is 11.6 Å². The van der Waals surface area contributed by atoms with Crippen molar-refractivity contribution in [3.8, 4) is 0 Å². The number of para-hydroxylation sites is 2. The second kappa shape index (κ2) is 13.4. The highest BCUT2D eigenvalue weighted by Gasteiger charge is 2.18.